The summed E-state index contributed by atoms with van der Waals surface area (Å²) in [6.07, 6.45) is 9.82. The largest absolute Gasteiger partial charge is 0.459 e. The lowest BCUT2D eigenvalue weighted by atomic mass is 10.1. The van der Waals surface area contributed by atoms with Gasteiger partial charge in [-0.15, -0.1) is 0 Å². The van der Waals surface area contributed by atoms with Crippen molar-refractivity contribution < 1.29 is 4.42 Å². The zero-order chi connectivity index (χ0) is 14.4. The maximum atomic E-state index is 5.38. The molecule has 0 aromatic carbocycles. The van der Waals surface area contributed by atoms with E-state index in [9.17, 15) is 0 Å². The standard InChI is InChI=1S/C16H21N3O/c1-12(2)5-4-6-13(3)7-9-17-16-15-14(8-10-20-15)18-11-19-16/h5,7-8,10-11H,4,6,9H2,1-3H3,(H,17,18,19)/b13-7+. The summed E-state index contributed by atoms with van der Waals surface area (Å²) >= 11 is 0. The number of anilines is 1. The van der Waals surface area contributed by atoms with Crippen LogP contribution in [0.25, 0.3) is 11.1 Å². The zero-order valence-corrected chi connectivity index (χ0v) is 12.3. The fourth-order valence-electron chi connectivity index (χ4n) is 1.93. The number of hydrogen-bond acceptors (Lipinski definition) is 4. The van der Waals surface area contributed by atoms with E-state index in [1.54, 1.807) is 12.6 Å². The predicted octanol–water partition coefficient (Wildman–Crippen LogP) is 4.33. The first-order valence-electron chi connectivity index (χ1n) is 6.88. The number of fused-ring (bicyclic) bond motifs is 1. The maximum absolute atomic E-state index is 5.38. The first-order chi connectivity index (χ1) is 9.66. The van der Waals surface area contributed by atoms with Gasteiger partial charge in [0.05, 0.1) is 6.26 Å². The molecule has 2 aromatic rings. The lowest BCUT2D eigenvalue weighted by Crippen LogP contribution is -2.02. The number of allylic oxidation sites excluding steroid dienone is 3. The van der Waals surface area contributed by atoms with Crippen LogP contribution in [0.4, 0.5) is 5.82 Å². The van der Waals surface area contributed by atoms with E-state index in [0.717, 1.165) is 30.7 Å². The van der Waals surface area contributed by atoms with Crippen molar-refractivity contribution in [2.45, 2.75) is 33.6 Å². The number of nitrogens with zero attached hydrogens (tertiary/aromatic N) is 2. The second kappa shape index (κ2) is 6.89. The molecule has 20 heavy (non-hydrogen) atoms. The summed E-state index contributed by atoms with van der Waals surface area (Å²) in [5, 5.41) is 3.27. The third-order valence-corrected chi connectivity index (χ3v) is 3.05. The van der Waals surface area contributed by atoms with Crippen LogP contribution in [-0.2, 0) is 0 Å². The van der Waals surface area contributed by atoms with Crippen LogP contribution in [0.5, 0.6) is 0 Å². The Hall–Kier alpha value is -2.10. The second-order valence-corrected chi connectivity index (χ2v) is 5.11. The predicted molar refractivity (Wildman–Crippen MR) is 82.7 cm³/mol. The molecule has 0 atom stereocenters. The summed E-state index contributed by atoms with van der Waals surface area (Å²) in [4.78, 5) is 8.34. The molecular weight excluding hydrogens is 250 g/mol. The summed E-state index contributed by atoms with van der Waals surface area (Å²) in [6.45, 7) is 7.16. The molecule has 0 saturated carbocycles. The van der Waals surface area contributed by atoms with Gasteiger partial charge in [0.1, 0.15) is 11.8 Å². The lowest BCUT2D eigenvalue weighted by Gasteiger charge is -2.04. The fourth-order valence-corrected chi connectivity index (χ4v) is 1.93. The number of aromatic nitrogens is 2. The Morgan fingerprint density at radius 2 is 2.10 bits per heavy atom. The molecular formula is C16H21N3O. The monoisotopic (exact) mass is 271 g/mol. The quantitative estimate of drug-likeness (QED) is 0.795. The lowest BCUT2D eigenvalue weighted by molar-refractivity contribution is 0.614. The van der Waals surface area contributed by atoms with Crippen molar-refractivity contribution in [2.75, 3.05) is 11.9 Å². The highest BCUT2D eigenvalue weighted by Crippen LogP contribution is 2.19. The smallest absolute Gasteiger partial charge is 0.194 e. The molecule has 0 saturated heterocycles. The molecule has 106 valence electrons. The van der Waals surface area contributed by atoms with Crippen LogP contribution in [0.15, 0.2) is 46.4 Å². The Morgan fingerprint density at radius 3 is 2.90 bits per heavy atom. The number of hydrogen-bond donors (Lipinski definition) is 1. The van der Waals surface area contributed by atoms with E-state index < -0.39 is 0 Å². The van der Waals surface area contributed by atoms with E-state index in [0.29, 0.717) is 5.58 Å². The van der Waals surface area contributed by atoms with Crippen LogP contribution in [0.2, 0.25) is 0 Å². The van der Waals surface area contributed by atoms with Gasteiger partial charge < -0.3 is 9.73 Å². The molecule has 0 spiro atoms. The van der Waals surface area contributed by atoms with E-state index in [4.69, 9.17) is 4.42 Å². The van der Waals surface area contributed by atoms with E-state index >= 15 is 0 Å². The summed E-state index contributed by atoms with van der Waals surface area (Å²) < 4.78 is 5.38. The van der Waals surface area contributed by atoms with E-state index in [1.165, 1.54) is 11.1 Å². The van der Waals surface area contributed by atoms with E-state index in [2.05, 4.69) is 48.2 Å². The first kappa shape index (κ1) is 14.3. The Labute approximate surface area is 119 Å². The topological polar surface area (TPSA) is 51.0 Å². The van der Waals surface area contributed by atoms with Gasteiger partial charge in [0, 0.05) is 12.6 Å². The average Bonchev–Trinajstić information content (AvgIpc) is 2.87. The molecule has 1 N–H and O–H groups in total. The molecule has 0 amide bonds. The molecule has 0 aliphatic carbocycles. The molecule has 0 aliphatic heterocycles. The maximum Gasteiger partial charge on any atom is 0.194 e. The van der Waals surface area contributed by atoms with Gasteiger partial charge in [-0.2, -0.15) is 0 Å². The summed E-state index contributed by atoms with van der Waals surface area (Å²) in [6, 6.07) is 1.84. The molecule has 2 heterocycles. The minimum absolute atomic E-state index is 0.711. The van der Waals surface area contributed by atoms with Crippen molar-refractivity contribution in [2.24, 2.45) is 0 Å². The van der Waals surface area contributed by atoms with Crippen molar-refractivity contribution in [1.82, 2.24) is 9.97 Å². The third kappa shape index (κ3) is 3.95. The van der Waals surface area contributed by atoms with Gasteiger partial charge >= 0.3 is 0 Å². The number of rotatable bonds is 6. The average molecular weight is 271 g/mol. The molecule has 0 radical (unpaired) electrons. The van der Waals surface area contributed by atoms with Gasteiger partial charge in [-0.25, -0.2) is 9.97 Å². The Morgan fingerprint density at radius 1 is 1.25 bits per heavy atom. The van der Waals surface area contributed by atoms with Crippen LogP contribution in [-0.4, -0.2) is 16.5 Å². The second-order valence-electron chi connectivity index (χ2n) is 5.11. The van der Waals surface area contributed by atoms with Crippen LogP contribution >= 0.6 is 0 Å². The van der Waals surface area contributed by atoms with Crippen molar-refractivity contribution in [3.63, 3.8) is 0 Å². The van der Waals surface area contributed by atoms with Crippen LogP contribution in [0.3, 0.4) is 0 Å². The van der Waals surface area contributed by atoms with Crippen molar-refractivity contribution in [1.29, 1.82) is 0 Å². The van der Waals surface area contributed by atoms with E-state index in [1.807, 2.05) is 6.07 Å². The van der Waals surface area contributed by atoms with Gasteiger partial charge in [-0.3, -0.25) is 0 Å². The van der Waals surface area contributed by atoms with Gasteiger partial charge in [0.25, 0.3) is 0 Å². The van der Waals surface area contributed by atoms with Gasteiger partial charge in [-0.05, 0) is 33.6 Å². The normalized spacial score (nSPS) is 11.7. The van der Waals surface area contributed by atoms with Gasteiger partial charge in [-0.1, -0.05) is 23.3 Å². The molecule has 2 rings (SSSR count). The molecule has 4 nitrogen and oxygen atoms in total. The van der Waals surface area contributed by atoms with E-state index in [-0.39, 0.29) is 0 Å². The Bertz CT molecular complexity index is 621. The molecule has 0 unspecified atom stereocenters. The molecule has 0 aliphatic rings. The third-order valence-electron chi connectivity index (χ3n) is 3.05. The fraction of sp³-hybridized carbons (Fsp3) is 0.375. The highest BCUT2D eigenvalue weighted by molar-refractivity contribution is 5.82. The van der Waals surface area contributed by atoms with Crippen molar-refractivity contribution in [3.8, 4) is 0 Å². The SMILES string of the molecule is CC(C)=CCC/C(C)=C/CNc1ncnc2ccoc12. The summed E-state index contributed by atoms with van der Waals surface area (Å²) in [5.74, 6) is 0.744. The Balaban J connectivity index is 1.89. The zero-order valence-electron chi connectivity index (χ0n) is 12.3. The molecule has 2 aromatic heterocycles. The minimum Gasteiger partial charge on any atom is -0.459 e. The summed E-state index contributed by atoms with van der Waals surface area (Å²) in [5.41, 5.74) is 4.28. The highest BCUT2D eigenvalue weighted by Gasteiger charge is 2.04. The summed E-state index contributed by atoms with van der Waals surface area (Å²) in [7, 11) is 0. The first-order valence-corrected chi connectivity index (χ1v) is 6.88. The van der Waals surface area contributed by atoms with Crippen molar-refractivity contribution in [3.05, 3.63) is 42.0 Å². The number of nitrogens with one attached hydrogen (secondary N) is 1. The van der Waals surface area contributed by atoms with Gasteiger partial charge in [0.15, 0.2) is 11.4 Å². The van der Waals surface area contributed by atoms with Crippen molar-refractivity contribution >= 4 is 16.9 Å². The van der Waals surface area contributed by atoms with Crippen LogP contribution < -0.4 is 5.32 Å². The highest BCUT2D eigenvalue weighted by atomic mass is 16.3. The molecule has 0 fully saturated rings. The molecule has 4 heteroatoms. The van der Waals surface area contributed by atoms with Gasteiger partial charge in [0.2, 0.25) is 0 Å². The molecule has 0 bridgehead atoms. The minimum atomic E-state index is 0.711. The Kier molecular flexibility index (Phi) is 4.93. The number of furan rings is 1. The van der Waals surface area contributed by atoms with Crippen LogP contribution in [0.1, 0.15) is 33.6 Å². The van der Waals surface area contributed by atoms with Crippen LogP contribution in [0, 0.1) is 0 Å².